The maximum atomic E-state index is 12.8. The number of benzene rings is 2. The Labute approximate surface area is 175 Å². The van der Waals surface area contributed by atoms with Crippen LogP contribution in [0.15, 0.2) is 59.1 Å². The Kier molecular flexibility index (Phi) is 5.88. The quantitative estimate of drug-likeness (QED) is 0.691. The van der Waals surface area contributed by atoms with Crippen LogP contribution in [0.5, 0.6) is 0 Å². The fraction of sp³-hybridized carbons (Fsp3) is 0.304. The summed E-state index contributed by atoms with van der Waals surface area (Å²) in [5, 5.41) is 6.96. The minimum Gasteiger partial charge on any atom is -0.339 e. The fourth-order valence-electron chi connectivity index (χ4n) is 3.63. The van der Waals surface area contributed by atoms with Crippen molar-refractivity contribution >= 4 is 17.5 Å². The van der Waals surface area contributed by atoms with Crippen molar-refractivity contribution in [3.63, 3.8) is 0 Å². The molecule has 1 aromatic heterocycles. The van der Waals surface area contributed by atoms with E-state index >= 15 is 0 Å². The molecule has 1 fully saturated rings. The topological polar surface area (TPSA) is 88.3 Å². The van der Waals surface area contributed by atoms with Crippen LogP contribution in [0.2, 0.25) is 0 Å². The zero-order chi connectivity index (χ0) is 20.9. The van der Waals surface area contributed by atoms with E-state index in [1.165, 1.54) is 0 Å². The lowest BCUT2D eigenvalue weighted by atomic mass is 9.97. The number of hydrogen-bond acceptors (Lipinski definition) is 5. The van der Waals surface area contributed by atoms with Gasteiger partial charge in [0.05, 0.1) is 5.92 Å². The second-order valence-electron chi connectivity index (χ2n) is 7.40. The van der Waals surface area contributed by atoms with Gasteiger partial charge in [-0.25, -0.2) is 0 Å². The van der Waals surface area contributed by atoms with Crippen LogP contribution in [-0.2, 0) is 4.79 Å². The highest BCUT2D eigenvalue weighted by Crippen LogP contribution is 2.29. The lowest BCUT2D eigenvalue weighted by molar-refractivity contribution is -0.115. The van der Waals surface area contributed by atoms with Crippen molar-refractivity contribution in [3.8, 4) is 11.4 Å². The lowest BCUT2D eigenvalue weighted by Crippen LogP contribution is -2.39. The molecule has 4 rings (SSSR count). The van der Waals surface area contributed by atoms with E-state index in [9.17, 15) is 9.59 Å². The number of aromatic nitrogens is 2. The van der Waals surface area contributed by atoms with Crippen molar-refractivity contribution in [2.75, 3.05) is 18.4 Å². The normalized spacial score (nSPS) is 16.3. The predicted octanol–water partition coefficient (Wildman–Crippen LogP) is 4.10. The van der Waals surface area contributed by atoms with E-state index < -0.39 is 0 Å². The molecular formula is C23H24N4O3. The Morgan fingerprint density at radius 3 is 2.80 bits per heavy atom. The number of anilines is 1. The van der Waals surface area contributed by atoms with Crippen LogP contribution in [0.25, 0.3) is 11.4 Å². The molecule has 30 heavy (non-hydrogen) atoms. The van der Waals surface area contributed by atoms with Gasteiger partial charge in [-0.15, -0.1) is 0 Å². The molecule has 3 aromatic rings. The number of nitrogens with zero attached hydrogens (tertiary/aromatic N) is 3. The summed E-state index contributed by atoms with van der Waals surface area (Å²) in [7, 11) is 0. The van der Waals surface area contributed by atoms with Crippen molar-refractivity contribution in [1.29, 1.82) is 0 Å². The monoisotopic (exact) mass is 404 g/mol. The number of carbonyl (C=O) groups is 2. The van der Waals surface area contributed by atoms with Gasteiger partial charge in [0, 0.05) is 36.3 Å². The first kappa shape index (κ1) is 19.8. The standard InChI is InChI=1S/C23H24N4O3/c1-2-20(28)24-19-12-6-10-17(14-19)21-25-22(30-26-21)18-11-7-13-27(15-18)23(29)16-8-4-3-5-9-16/h3-6,8-10,12,14,18H,2,7,11,13,15H2,1H3,(H,24,28). The zero-order valence-corrected chi connectivity index (χ0v) is 16.9. The third-order valence-corrected chi connectivity index (χ3v) is 5.25. The highest BCUT2D eigenvalue weighted by Gasteiger charge is 2.29. The van der Waals surface area contributed by atoms with Crippen LogP contribution >= 0.6 is 0 Å². The molecule has 1 N–H and O–H groups in total. The Hall–Kier alpha value is -3.48. The molecule has 1 atom stereocenters. The largest absolute Gasteiger partial charge is 0.339 e. The fourth-order valence-corrected chi connectivity index (χ4v) is 3.63. The molecule has 1 saturated heterocycles. The van der Waals surface area contributed by atoms with Crippen molar-refractivity contribution in [1.82, 2.24) is 15.0 Å². The number of piperidine rings is 1. The Morgan fingerprint density at radius 1 is 1.17 bits per heavy atom. The van der Waals surface area contributed by atoms with E-state index in [2.05, 4.69) is 15.5 Å². The van der Waals surface area contributed by atoms with E-state index in [1.54, 1.807) is 6.92 Å². The molecular weight excluding hydrogens is 380 g/mol. The van der Waals surface area contributed by atoms with Gasteiger partial charge in [0.25, 0.3) is 5.91 Å². The highest BCUT2D eigenvalue weighted by atomic mass is 16.5. The Balaban J connectivity index is 1.48. The summed E-state index contributed by atoms with van der Waals surface area (Å²) in [5.74, 6) is 1.00. The summed E-state index contributed by atoms with van der Waals surface area (Å²) in [4.78, 5) is 30.9. The van der Waals surface area contributed by atoms with Crippen molar-refractivity contribution < 1.29 is 14.1 Å². The summed E-state index contributed by atoms with van der Waals surface area (Å²) in [6.45, 7) is 3.09. The average Bonchev–Trinajstić information content (AvgIpc) is 3.30. The molecule has 1 aliphatic rings. The van der Waals surface area contributed by atoms with Crippen molar-refractivity contribution in [2.45, 2.75) is 32.1 Å². The van der Waals surface area contributed by atoms with E-state index in [1.807, 2.05) is 59.5 Å². The van der Waals surface area contributed by atoms with Crippen LogP contribution < -0.4 is 5.32 Å². The van der Waals surface area contributed by atoms with Crippen LogP contribution in [-0.4, -0.2) is 39.9 Å². The molecule has 1 unspecified atom stereocenters. The molecule has 0 spiro atoms. The van der Waals surface area contributed by atoms with Gasteiger partial charge >= 0.3 is 0 Å². The molecule has 7 nitrogen and oxygen atoms in total. The second-order valence-corrected chi connectivity index (χ2v) is 7.40. The van der Waals surface area contributed by atoms with Gasteiger partial charge in [0.15, 0.2) is 0 Å². The first-order valence-corrected chi connectivity index (χ1v) is 10.2. The molecule has 0 saturated carbocycles. The third kappa shape index (κ3) is 4.40. The molecule has 7 heteroatoms. The summed E-state index contributed by atoms with van der Waals surface area (Å²) < 4.78 is 5.55. The molecule has 0 aliphatic carbocycles. The highest BCUT2D eigenvalue weighted by molar-refractivity contribution is 5.94. The minimum atomic E-state index is -0.0497. The zero-order valence-electron chi connectivity index (χ0n) is 16.9. The summed E-state index contributed by atoms with van der Waals surface area (Å²) >= 11 is 0. The number of likely N-dealkylation sites (tertiary alicyclic amines) is 1. The molecule has 1 aliphatic heterocycles. The SMILES string of the molecule is CCC(=O)Nc1cccc(-c2noc(C3CCCN(C(=O)c4ccccc4)C3)n2)c1. The van der Waals surface area contributed by atoms with Crippen LogP contribution in [0.3, 0.4) is 0 Å². The van der Waals surface area contributed by atoms with E-state index in [-0.39, 0.29) is 17.7 Å². The molecule has 0 bridgehead atoms. The van der Waals surface area contributed by atoms with Crippen LogP contribution in [0.4, 0.5) is 5.69 Å². The summed E-state index contributed by atoms with van der Waals surface area (Å²) in [5.41, 5.74) is 2.16. The van der Waals surface area contributed by atoms with Gasteiger partial charge in [0.2, 0.25) is 17.6 Å². The number of nitrogens with one attached hydrogen (secondary N) is 1. The first-order valence-electron chi connectivity index (χ1n) is 10.2. The number of carbonyl (C=O) groups excluding carboxylic acids is 2. The van der Waals surface area contributed by atoms with Gasteiger partial charge in [0.1, 0.15) is 0 Å². The third-order valence-electron chi connectivity index (χ3n) is 5.25. The van der Waals surface area contributed by atoms with Gasteiger partial charge in [-0.3, -0.25) is 9.59 Å². The second kappa shape index (κ2) is 8.90. The van der Waals surface area contributed by atoms with E-state index in [0.717, 1.165) is 24.9 Å². The Bertz CT molecular complexity index is 1030. The van der Waals surface area contributed by atoms with Gasteiger partial charge in [-0.2, -0.15) is 4.98 Å². The van der Waals surface area contributed by atoms with Crippen LogP contribution in [0, 0.1) is 0 Å². The maximum absolute atomic E-state index is 12.8. The first-order chi connectivity index (χ1) is 14.6. The molecule has 2 aromatic carbocycles. The molecule has 2 heterocycles. The number of hydrogen-bond donors (Lipinski definition) is 1. The summed E-state index contributed by atoms with van der Waals surface area (Å²) in [6.07, 6.45) is 2.20. The Morgan fingerprint density at radius 2 is 2.00 bits per heavy atom. The van der Waals surface area contributed by atoms with Gasteiger partial charge in [-0.1, -0.05) is 42.4 Å². The van der Waals surface area contributed by atoms with Crippen LogP contribution in [0.1, 0.15) is 48.4 Å². The van der Waals surface area contributed by atoms with Crippen molar-refractivity contribution in [2.24, 2.45) is 0 Å². The number of rotatable bonds is 5. The minimum absolute atomic E-state index is 0.00985. The maximum Gasteiger partial charge on any atom is 0.253 e. The summed E-state index contributed by atoms with van der Waals surface area (Å²) in [6, 6.07) is 16.7. The molecule has 2 amide bonds. The lowest BCUT2D eigenvalue weighted by Gasteiger charge is -2.31. The van der Waals surface area contributed by atoms with E-state index in [0.29, 0.717) is 35.9 Å². The smallest absolute Gasteiger partial charge is 0.253 e. The number of amides is 2. The van der Waals surface area contributed by atoms with E-state index in [4.69, 9.17) is 4.52 Å². The van der Waals surface area contributed by atoms with Crippen molar-refractivity contribution in [3.05, 3.63) is 66.1 Å². The predicted molar refractivity (Wildman–Crippen MR) is 113 cm³/mol. The molecule has 0 radical (unpaired) electrons. The van der Waals surface area contributed by atoms with Gasteiger partial charge < -0.3 is 14.7 Å². The average molecular weight is 404 g/mol. The van der Waals surface area contributed by atoms with Gasteiger partial charge in [-0.05, 0) is 37.1 Å². The molecule has 154 valence electrons.